The highest BCUT2D eigenvalue weighted by molar-refractivity contribution is 6.42. The van der Waals surface area contributed by atoms with Crippen molar-refractivity contribution < 1.29 is 41.0 Å². The van der Waals surface area contributed by atoms with Gasteiger partial charge in [0.1, 0.15) is 11.5 Å². The third-order valence-corrected chi connectivity index (χ3v) is 5.06. The van der Waals surface area contributed by atoms with Gasteiger partial charge < -0.3 is 14.7 Å². The van der Waals surface area contributed by atoms with E-state index in [0.29, 0.717) is 11.1 Å². The lowest BCUT2D eigenvalue weighted by atomic mass is 10.2. The molecule has 4 nitrogen and oxygen atoms in total. The lowest BCUT2D eigenvalue weighted by Gasteiger charge is -2.28. The quantitative estimate of drug-likeness (QED) is 0.255. The predicted molar refractivity (Wildman–Crippen MR) is 114 cm³/mol. The smallest absolute Gasteiger partial charge is 0.416 e. The molecule has 3 aromatic rings. The standard InChI is InChI=1S/C22H15Cl2F6NO3/c23-18-8-7-16(11-19(18)24)33-15-5-2-4-14(10-15)31(12-20(32)22(28,29)30)34-17-6-1-3-13(9-17)21(25,26)27/h1-11,20,32H,12H2/t20-/m0/s1. The highest BCUT2D eigenvalue weighted by atomic mass is 35.5. The van der Waals surface area contributed by atoms with E-state index in [9.17, 15) is 31.4 Å². The summed E-state index contributed by atoms with van der Waals surface area (Å²) in [6.07, 6.45) is -12.5. The fourth-order valence-electron chi connectivity index (χ4n) is 2.69. The van der Waals surface area contributed by atoms with E-state index in [1.807, 2.05) is 0 Å². The maximum absolute atomic E-state index is 13.0. The van der Waals surface area contributed by atoms with E-state index in [4.69, 9.17) is 32.8 Å². The molecule has 1 atom stereocenters. The van der Waals surface area contributed by atoms with E-state index in [1.54, 1.807) is 0 Å². The second-order valence-electron chi connectivity index (χ2n) is 6.91. The van der Waals surface area contributed by atoms with Gasteiger partial charge in [0.05, 0.1) is 27.8 Å². The third-order valence-electron chi connectivity index (χ3n) is 4.33. The first-order valence-electron chi connectivity index (χ1n) is 9.43. The molecule has 0 aliphatic carbocycles. The molecule has 0 spiro atoms. The number of nitrogens with zero attached hydrogens (tertiary/aromatic N) is 1. The van der Waals surface area contributed by atoms with Gasteiger partial charge in [0.25, 0.3) is 0 Å². The zero-order chi connectivity index (χ0) is 25.1. The number of ether oxygens (including phenoxy) is 1. The van der Waals surface area contributed by atoms with Crippen LogP contribution in [0.4, 0.5) is 32.0 Å². The molecule has 34 heavy (non-hydrogen) atoms. The molecule has 3 rings (SSSR count). The first-order valence-corrected chi connectivity index (χ1v) is 10.2. The van der Waals surface area contributed by atoms with Crippen molar-refractivity contribution in [2.45, 2.75) is 18.5 Å². The second-order valence-corrected chi connectivity index (χ2v) is 7.73. The summed E-state index contributed by atoms with van der Waals surface area (Å²) in [6.45, 7) is -1.13. The van der Waals surface area contributed by atoms with Crippen molar-refractivity contribution in [3.05, 3.63) is 82.3 Å². The zero-order valence-electron chi connectivity index (χ0n) is 16.9. The first-order chi connectivity index (χ1) is 15.8. The van der Waals surface area contributed by atoms with Gasteiger partial charge in [0, 0.05) is 12.1 Å². The van der Waals surface area contributed by atoms with Gasteiger partial charge in [-0.3, -0.25) is 0 Å². The maximum Gasteiger partial charge on any atom is 0.416 e. The Bertz CT molecular complexity index is 1140. The van der Waals surface area contributed by atoms with Gasteiger partial charge in [0.15, 0.2) is 11.9 Å². The van der Waals surface area contributed by atoms with Crippen LogP contribution in [0, 0.1) is 0 Å². The lowest BCUT2D eigenvalue weighted by Crippen LogP contribution is -2.42. The molecular formula is C22H15Cl2F6NO3. The number of hydroxylamine groups is 1. The Hall–Kier alpha value is -2.82. The van der Waals surface area contributed by atoms with Crippen LogP contribution in [-0.2, 0) is 6.18 Å². The van der Waals surface area contributed by atoms with Crippen molar-refractivity contribution in [1.82, 2.24) is 0 Å². The largest absolute Gasteiger partial charge is 0.457 e. The van der Waals surface area contributed by atoms with Crippen LogP contribution < -0.4 is 14.6 Å². The SMILES string of the molecule is O[C@@H](CN(Oc1cccc(C(F)(F)F)c1)c1cccc(Oc2ccc(Cl)c(Cl)c2)c1)C(F)(F)F. The fourth-order valence-corrected chi connectivity index (χ4v) is 2.98. The number of halogens is 8. The van der Waals surface area contributed by atoms with Gasteiger partial charge >= 0.3 is 12.4 Å². The van der Waals surface area contributed by atoms with Crippen LogP contribution >= 0.6 is 23.2 Å². The van der Waals surface area contributed by atoms with E-state index < -0.39 is 30.6 Å². The van der Waals surface area contributed by atoms with Gasteiger partial charge in [-0.1, -0.05) is 35.3 Å². The molecule has 0 heterocycles. The number of alkyl halides is 6. The number of aliphatic hydroxyl groups is 1. The molecule has 0 aromatic heterocycles. The highest BCUT2D eigenvalue weighted by Gasteiger charge is 2.40. The maximum atomic E-state index is 13.0. The molecule has 0 amide bonds. The molecule has 0 saturated heterocycles. The average molecular weight is 526 g/mol. The minimum atomic E-state index is -5.00. The molecule has 182 valence electrons. The van der Waals surface area contributed by atoms with Crippen LogP contribution in [0.5, 0.6) is 17.2 Å². The van der Waals surface area contributed by atoms with Crippen LogP contribution in [0.25, 0.3) is 0 Å². The van der Waals surface area contributed by atoms with E-state index in [1.165, 1.54) is 42.5 Å². The molecule has 0 radical (unpaired) electrons. The highest BCUT2D eigenvalue weighted by Crippen LogP contribution is 2.34. The summed E-state index contributed by atoms with van der Waals surface area (Å²) in [5, 5.41) is 10.7. The van der Waals surface area contributed by atoms with E-state index >= 15 is 0 Å². The number of anilines is 1. The van der Waals surface area contributed by atoms with Gasteiger partial charge in [0.2, 0.25) is 0 Å². The van der Waals surface area contributed by atoms with Crippen molar-refractivity contribution in [2.24, 2.45) is 0 Å². The molecular weight excluding hydrogens is 511 g/mol. The summed E-state index contributed by atoms with van der Waals surface area (Å²) in [6, 6.07) is 13.5. The molecule has 12 heteroatoms. The fraction of sp³-hybridized carbons (Fsp3) is 0.182. The summed E-state index contributed by atoms with van der Waals surface area (Å²) < 4.78 is 83.7. The van der Waals surface area contributed by atoms with Crippen molar-refractivity contribution in [3.8, 4) is 17.2 Å². The topological polar surface area (TPSA) is 41.9 Å². The molecule has 3 aromatic carbocycles. The first kappa shape index (κ1) is 25.8. The Labute approximate surface area is 199 Å². The number of aliphatic hydroxyl groups excluding tert-OH is 1. The third kappa shape index (κ3) is 6.85. The van der Waals surface area contributed by atoms with Crippen LogP contribution in [0.15, 0.2) is 66.7 Å². The normalized spacial score (nSPS) is 12.9. The summed E-state index contributed by atoms with van der Waals surface area (Å²) in [7, 11) is 0. The number of hydrogen-bond acceptors (Lipinski definition) is 4. The molecule has 0 fully saturated rings. The molecule has 1 N–H and O–H groups in total. The van der Waals surface area contributed by atoms with Crippen molar-refractivity contribution in [2.75, 3.05) is 11.6 Å². The number of rotatable bonds is 7. The zero-order valence-corrected chi connectivity index (χ0v) is 18.4. The molecule has 0 unspecified atom stereocenters. The van der Waals surface area contributed by atoms with Gasteiger partial charge in [-0.15, -0.1) is 0 Å². The van der Waals surface area contributed by atoms with Crippen LogP contribution in [0.1, 0.15) is 5.56 Å². The Kier molecular flexibility index (Phi) is 7.74. The predicted octanol–water partition coefficient (Wildman–Crippen LogP) is 7.53. The Balaban J connectivity index is 1.91. The average Bonchev–Trinajstić information content (AvgIpc) is 2.75. The molecule has 0 bridgehead atoms. The molecule has 0 saturated carbocycles. The van der Waals surface area contributed by atoms with E-state index in [2.05, 4.69) is 0 Å². The Morgan fingerprint density at radius 1 is 0.794 bits per heavy atom. The molecule has 0 aliphatic heterocycles. The van der Waals surface area contributed by atoms with Crippen molar-refractivity contribution >= 4 is 28.9 Å². The second kappa shape index (κ2) is 10.2. The van der Waals surface area contributed by atoms with Gasteiger partial charge in [-0.05, 0) is 42.5 Å². The minimum Gasteiger partial charge on any atom is -0.457 e. The summed E-state index contributed by atoms with van der Waals surface area (Å²) in [4.78, 5) is 5.32. The Morgan fingerprint density at radius 2 is 1.44 bits per heavy atom. The number of hydrogen-bond donors (Lipinski definition) is 1. The summed E-state index contributed by atoms with van der Waals surface area (Å²) in [5.41, 5.74) is -1.09. The Morgan fingerprint density at radius 3 is 2.09 bits per heavy atom. The monoisotopic (exact) mass is 525 g/mol. The minimum absolute atomic E-state index is 0.0294. The summed E-state index contributed by atoms with van der Waals surface area (Å²) in [5.74, 6) is 0.0299. The number of benzene rings is 3. The van der Waals surface area contributed by atoms with Crippen LogP contribution in [0.2, 0.25) is 10.0 Å². The molecule has 0 aliphatic rings. The van der Waals surface area contributed by atoms with Crippen LogP contribution in [-0.4, -0.2) is 23.9 Å². The van der Waals surface area contributed by atoms with Crippen molar-refractivity contribution in [3.63, 3.8) is 0 Å². The van der Waals surface area contributed by atoms with Crippen LogP contribution in [0.3, 0.4) is 0 Å². The summed E-state index contributed by atoms with van der Waals surface area (Å²) >= 11 is 11.8. The van der Waals surface area contributed by atoms with Gasteiger partial charge in [-0.2, -0.15) is 26.3 Å². The van der Waals surface area contributed by atoms with E-state index in [0.717, 1.165) is 18.2 Å². The lowest BCUT2D eigenvalue weighted by molar-refractivity contribution is -0.202. The van der Waals surface area contributed by atoms with Gasteiger partial charge in [-0.25, -0.2) is 5.06 Å². The van der Waals surface area contributed by atoms with E-state index in [-0.39, 0.29) is 33.0 Å². The van der Waals surface area contributed by atoms with Crippen molar-refractivity contribution in [1.29, 1.82) is 0 Å².